The molecule has 0 spiro atoms. The molecule has 0 radical (unpaired) electrons. The summed E-state index contributed by atoms with van der Waals surface area (Å²) < 4.78 is 37.0. The van der Waals surface area contributed by atoms with Crippen molar-refractivity contribution in [3.8, 4) is 0 Å². The molecular weight excluding hydrogens is 382 g/mol. The number of carbonyl (C=O) groups excluding carboxylic acids is 2. The average Bonchev–Trinajstić information content (AvgIpc) is 2.62. The Labute approximate surface area is 155 Å². The Hall–Kier alpha value is -2.58. The van der Waals surface area contributed by atoms with Gasteiger partial charge in [-0.1, -0.05) is 17.7 Å². The van der Waals surface area contributed by atoms with Crippen LogP contribution in [0.5, 0.6) is 0 Å². The Morgan fingerprint density at radius 3 is 2.23 bits per heavy atom. The largest absolute Gasteiger partial charge is 0.465 e. The van der Waals surface area contributed by atoms with Gasteiger partial charge < -0.3 is 9.47 Å². The Bertz CT molecular complexity index is 971. The van der Waals surface area contributed by atoms with Crippen LogP contribution in [-0.2, 0) is 19.5 Å². The molecule has 0 saturated heterocycles. The number of hydrogen-bond donors (Lipinski definition) is 1. The molecule has 2 rings (SSSR count). The SMILES string of the molecule is COC(=O)c1cc(S(=O)(=O)Nc2cccc(C(=O)OC)c2C)ccc1Cl. The molecule has 0 aliphatic rings. The fourth-order valence-corrected chi connectivity index (χ4v) is 3.56. The number of hydrogen-bond acceptors (Lipinski definition) is 6. The second kappa shape index (κ2) is 7.76. The summed E-state index contributed by atoms with van der Waals surface area (Å²) in [6.07, 6.45) is 0. The molecule has 0 atom stereocenters. The number of nitrogens with one attached hydrogen (secondary N) is 1. The topological polar surface area (TPSA) is 98.8 Å². The third-order valence-electron chi connectivity index (χ3n) is 3.64. The average molecular weight is 398 g/mol. The third kappa shape index (κ3) is 3.97. The van der Waals surface area contributed by atoms with Gasteiger partial charge in [0.2, 0.25) is 0 Å². The van der Waals surface area contributed by atoms with Crippen molar-refractivity contribution in [2.24, 2.45) is 0 Å². The van der Waals surface area contributed by atoms with Crippen molar-refractivity contribution in [3.63, 3.8) is 0 Å². The van der Waals surface area contributed by atoms with Crippen LogP contribution in [0.3, 0.4) is 0 Å². The lowest BCUT2D eigenvalue weighted by molar-refractivity contribution is 0.0591. The summed E-state index contributed by atoms with van der Waals surface area (Å²) in [5, 5.41) is 0.0691. The smallest absolute Gasteiger partial charge is 0.339 e. The van der Waals surface area contributed by atoms with Gasteiger partial charge in [-0.25, -0.2) is 18.0 Å². The first-order valence-electron chi connectivity index (χ1n) is 7.30. The lowest BCUT2D eigenvalue weighted by atomic mass is 10.1. The van der Waals surface area contributed by atoms with Crippen molar-refractivity contribution in [2.75, 3.05) is 18.9 Å². The number of methoxy groups -OCH3 is 2. The molecule has 0 aromatic heterocycles. The zero-order valence-corrected chi connectivity index (χ0v) is 15.8. The number of carbonyl (C=O) groups is 2. The van der Waals surface area contributed by atoms with Gasteiger partial charge in [-0.3, -0.25) is 4.72 Å². The van der Waals surface area contributed by atoms with Crippen molar-refractivity contribution in [3.05, 3.63) is 58.1 Å². The number of halogens is 1. The number of esters is 2. The second-order valence-electron chi connectivity index (χ2n) is 5.21. The molecule has 0 fully saturated rings. The van der Waals surface area contributed by atoms with Crippen LogP contribution in [0.2, 0.25) is 5.02 Å². The number of sulfonamides is 1. The molecule has 0 aliphatic heterocycles. The van der Waals surface area contributed by atoms with E-state index in [-0.39, 0.29) is 26.7 Å². The monoisotopic (exact) mass is 397 g/mol. The van der Waals surface area contributed by atoms with E-state index in [1.54, 1.807) is 6.92 Å². The van der Waals surface area contributed by atoms with Gasteiger partial charge in [0, 0.05) is 0 Å². The molecule has 1 N–H and O–H groups in total. The van der Waals surface area contributed by atoms with Crippen LogP contribution in [-0.4, -0.2) is 34.6 Å². The van der Waals surface area contributed by atoms with E-state index < -0.39 is 22.0 Å². The van der Waals surface area contributed by atoms with Gasteiger partial charge in [0.05, 0.1) is 41.0 Å². The maximum absolute atomic E-state index is 12.7. The summed E-state index contributed by atoms with van der Waals surface area (Å²) >= 11 is 5.91. The molecular formula is C17H16ClNO6S. The Morgan fingerprint density at radius 1 is 1.00 bits per heavy atom. The van der Waals surface area contributed by atoms with Crippen molar-refractivity contribution in [1.29, 1.82) is 0 Å². The maximum Gasteiger partial charge on any atom is 0.339 e. The summed E-state index contributed by atoms with van der Waals surface area (Å²) in [6.45, 7) is 1.59. The van der Waals surface area contributed by atoms with Crippen LogP contribution in [0.4, 0.5) is 5.69 Å². The van der Waals surface area contributed by atoms with Gasteiger partial charge >= 0.3 is 11.9 Å². The highest BCUT2D eigenvalue weighted by Crippen LogP contribution is 2.26. The fraction of sp³-hybridized carbons (Fsp3) is 0.176. The Balaban J connectivity index is 2.45. The van der Waals surface area contributed by atoms with Crippen LogP contribution >= 0.6 is 11.6 Å². The van der Waals surface area contributed by atoms with Gasteiger partial charge in [0.15, 0.2) is 0 Å². The number of rotatable bonds is 5. The number of ether oxygens (including phenoxy) is 2. The van der Waals surface area contributed by atoms with Crippen LogP contribution in [0, 0.1) is 6.92 Å². The maximum atomic E-state index is 12.7. The first-order valence-corrected chi connectivity index (χ1v) is 9.16. The zero-order valence-electron chi connectivity index (χ0n) is 14.2. The van der Waals surface area contributed by atoms with Crippen molar-refractivity contribution in [1.82, 2.24) is 0 Å². The van der Waals surface area contributed by atoms with E-state index in [9.17, 15) is 18.0 Å². The summed E-state index contributed by atoms with van der Waals surface area (Å²) in [5.74, 6) is -1.33. The predicted molar refractivity (Wildman–Crippen MR) is 96.1 cm³/mol. The molecule has 0 heterocycles. The van der Waals surface area contributed by atoms with E-state index >= 15 is 0 Å². The molecule has 0 unspecified atom stereocenters. The molecule has 9 heteroatoms. The lowest BCUT2D eigenvalue weighted by Crippen LogP contribution is -2.16. The third-order valence-corrected chi connectivity index (χ3v) is 5.33. The van der Waals surface area contributed by atoms with Crippen LogP contribution in [0.25, 0.3) is 0 Å². The molecule has 2 aromatic carbocycles. The minimum Gasteiger partial charge on any atom is -0.465 e. The van der Waals surface area contributed by atoms with Gasteiger partial charge in [-0.15, -0.1) is 0 Å². The quantitative estimate of drug-likeness (QED) is 0.778. The van der Waals surface area contributed by atoms with Crippen LogP contribution in [0.15, 0.2) is 41.3 Å². The van der Waals surface area contributed by atoms with Gasteiger partial charge in [-0.2, -0.15) is 0 Å². The molecule has 0 aliphatic carbocycles. The normalized spacial score (nSPS) is 10.9. The highest BCUT2D eigenvalue weighted by Gasteiger charge is 2.21. The molecule has 0 amide bonds. The molecule has 2 aromatic rings. The summed E-state index contributed by atoms with van der Waals surface area (Å²) in [5.41, 5.74) is 0.781. The first kappa shape index (κ1) is 19.7. The van der Waals surface area contributed by atoms with E-state index in [1.165, 1.54) is 44.6 Å². The van der Waals surface area contributed by atoms with E-state index in [0.29, 0.717) is 5.56 Å². The van der Waals surface area contributed by atoms with E-state index in [2.05, 4.69) is 14.2 Å². The molecule has 7 nitrogen and oxygen atoms in total. The number of anilines is 1. The summed E-state index contributed by atoms with van der Waals surface area (Å²) in [4.78, 5) is 23.3. The Kier molecular flexibility index (Phi) is 5.89. The van der Waals surface area contributed by atoms with Crippen molar-refractivity contribution < 1.29 is 27.5 Å². The van der Waals surface area contributed by atoms with E-state index in [1.807, 2.05) is 0 Å². The molecule has 138 valence electrons. The van der Waals surface area contributed by atoms with Crippen molar-refractivity contribution >= 4 is 39.3 Å². The zero-order chi connectivity index (χ0) is 19.5. The van der Waals surface area contributed by atoms with E-state index in [0.717, 1.165) is 6.07 Å². The van der Waals surface area contributed by atoms with Gasteiger partial charge in [-0.05, 0) is 42.8 Å². The lowest BCUT2D eigenvalue weighted by Gasteiger charge is -2.13. The summed E-state index contributed by atoms with van der Waals surface area (Å²) in [7, 11) is -1.63. The van der Waals surface area contributed by atoms with E-state index in [4.69, 9.17) is 11.6 Å². The van der Waals surface area contributed by atoms with Gasteiger partial charge in [0.1, 0.15) is 0 Å². The molecule has 0 saturated carbocycles. The highest BCUT2D eigenvalue weighted by atomic mass is 35.5. The number of benzene rings is 2. The predicted octanol–water partition coefficient (Wildman–Crippen LogP) is 3.02. The van der Waals surface area contributed by atoms with Crippen LogP contribution < -0.4 is 4.72 Å². The standard InChI is InChI=1S/C17H16ClNO6S/c1-10-12(16(20)24-2)5-4-6-15(10)19-26(22,23)11-7-8-14(18)13(9-11)17(21)25-3/h4-9,19H,1-3H3. The highest BCUT2D eigenvalue weighted by molar-refractivity contribution is 7.92. The van der Waals surface area contributed by atoms with Crippen LogP contribution in [0.1, 0.15) is 26.3 Å². The fourth-order valence-electron chi connectivity index (χ4n) is 2.22. The molecule has 26 heavy (non-hydrogen) atoms. The Morgan fingerprint density at radius 2 is 1.62 bits per heavy atom. The minimum absolute atomic E-state index is 0.0691. The van der Waals surface area contributed by atoms with Gasteiger partial charge in [0.25, 0.3) is 10.0 Å². The minimum atomic E-state index is -4.03. The summed E-state index contributed by atoms with van der Waals surface area (Å²) in [6, 6.07) is 8.23. The molecule has 0 bridgehead atoms. The van der Waals surface area contributed by atoms with Crippen molar-refractivity contribution in [2.45, 2.75) is 11.8 Å². The first-order chi connectivity index (χ1) is 12.2. The second-order valence-corrected chi connectivity index (χ2v) is 7.30.